The third-order valence-corrected chi connectivity index (χ3v) is 8.59. The van der Waals surface area contributed by atoms with Gasteiger partial charge in [0.15, 0.2) is 5.75 Å². The van der Waals surface area contributed by atoms with Gasteiger partial charge in [0.2, 0.25) is 5.91 Å². The van der Waals surface area contributed by atoms with Gasteiger partial charge in [0.25, 0.3) is 5.91 Å². The summed E-state index contributed by atoms with van der Waals surface area (Å²) in [6, 6.07) is 21.9. The van der Waals surface area contributed by atoms with Gasteiger partial charge < -0.3 is 19.7 Å². The van der Waals surface area contributed by atoms with Crippen LogP contribution < -0.4 is 15.6 Å². The Hall–Kier alpha value is -5.34. The number of halogens is 1. The minimum absolute atomic E-state index is 0.0707. The number of carbonyl (C=O) groups is 2. The van der Waals surface area contributed by atoms with Crippen molar-refractivity contribution in [2.24, 2.45) is 5.41 Å². The van der Waals surface area contributed by atoms with Crippen molar-refractivity contribution in [2.75, 3.05) is 0 Å². The summed E-state index contributed by atoms with van der Waals surface area (Å²) in [6.45, 7) is 8.82. The fourth-order valence-corrected chi connectivity index (χ4v) is 5.99. The molecule has 0 spiro atoms. The van der Waals surface area contributed by atoms with Crippen molar-refractivity contribution < 1.29 is 23.5 Å². The predicted octanol–water partition coefficient (Wildman–Crippen LogP) is 5.91. The Balaban J connectivity index is 1.40. The van der Waals surface area contributed by atoms with Gasteiger partial charge in [0.05, 0.1) is 42.0 Å². The van der Waals surface area contributed by atoms with Crippen molar-refractivity contribution in [2.45, 2.75) is 71.9 Å². The number of nitriles is 1. The summed E-state index contributed by atoms with van der Waals surface area (Å²) in [4.78, 5) is 41.5. The highest BCUT2D eigenvalue weighted by atomic mass is 19.1. The van der Waals surface area contributed by atoms with E-state index in [1.54, 1.807) is 63.8 Å². The first kappa shape index (κ1) is 34.0. The molecule has 0 saturated carbocycles. The van der Waals surface area contributed by atoms with E-state index in [-0.39, 0.29) is 17.9 Å². The molecular weight excluding hydrogens is 613 g/mol. The molecule has 11 heteroatoms. The summed E-state index contributed by atoms with van der Waals surface area (Å²) in [7, 11) is 0. The molecule has 1 fully saturated rings. The van der Waals surface area contributed by atoms with Crippen LogP contribution in [0.25, 0.3) is 0 Å². The lowest BCUT2D eigenvalue weighted by Crippen LogP contribution is -2.52. The molecule has 0 bridgehead atoms. The van der Waals surface area contributed by atoms with Crippen LogP contribution in [-0.4, -0.2) is 45.1 Å². The maximum atomic E-state index is 14.6. The maximum Gasteiger partial charge on any atom is 0.307 e. The zero-order valence-electron chi connectivity index (χ0n) is 27.5. The smallest absolute Gasteiger partial charge is 0.307 e. The van der Waals surface area contributed by atoms with Gasteiger partial charge in [-0.05, 0) is 88.1 Å². The molecule has 0 radical (unpaired) electrons. The summed E-state index contributed by atoms with van der Waals surface area (Å²) in [6.07, 6.45) is -0.218. The number of rotatable bonds is 10. The molecule has 2 N–H and O–H groups in total. The van der Waals surface area contributed by atoms with Crippen molar-refractivity contribution in [3.05, 3.63) is 123 Å². The molecule has 10 nitrogen and oxygen atoms in total. The largest absolute Gasteiger partial charge is 0.451 e. The lowest BCUT2D eigenvalue weighted by Gasteiger charge is -2.38. The summed E-state index contributed by atoms with van der Waals surface area (Å²) < 4.78 is 26.8. The van der Waals surface area contributed by atoms with E-state index in [0.717, 1.165) is 5.56 Å². The molecule has 5 rings (SSSR count). The van der Waals surface area contributed by atoms with E-state index in [0.29, 0.717) is 29.0 Å². The van der Waals surface area contributed by atoms with Crippen LogP contribution >= 0.6 is 0 Å². The van der Waals surface area contributed by atoms with E-state index >= 15 is 0 Å². The number of ether oxygens (including phenoxy) is 2. The highest BCUT2D eigenvalue weighted by molar-refractivity contribution is 5.98. The Labute approximate surface area is 278 Å². The lowest BCUT2D eigenvalue weighted by molar-refractivity contribution is -0.138. The molecule has 1 aromatic heterocycles. The minimum Gasteiger partial charge on any atom is -0.451 e. The number of aryl methyl sites for hydroxylation is 2. The monoisotopic (exact) mass is 651 g/mol. The number of hydrogen-bond acceptors (Lipinski definition) is 7. The predicted molar refractivity (Wildman–Crippen MR) is 177 cm³/mol. The summed E-state index contributed by atoms with van der Waals surface area (Å²) >= 11 is 0. The highest BCUT2D eigenvalue weighted by Gasteiger charge is 2.52. The number of carbonyl (C=O) groups excluding carboxylic acids is 2. The summed E-state index contributed by atoms with van der Waals surface area (Å²) in [5.41, 5.74) is 1.44. The van der Waals surface area contributed by atoms with Crippen molar-refractivity contribution in [3.63, 3.8) is 0 Å². The summed E-state index contributed by atoms with van der Waals surface area (Å²) in [5, 5.41) is 19.2. The van der Waals surface area contributed by atoms with E-state index in [4.69, 9.17) is 9.47 Å². The Morgan fingerprint density at radius 3 is 2.52 bits per heavy atom. The van der Waals surface area contributed by atoms with E-state index < -0.39 is 52.8 Å². The number of hydrogen-bond donors (Lipinski definition) is 2. The molecule has 0 aliphatic carbocycles. The third-order valence-electron chi connectivity index (χ3n) is 8.59. The first-order valence-corrected chi connectivity index (χ1v) is 15.7. The van der Waals surface area contributed by atoms with Crippen LogP contribution in [0.15, 0.2) is 83.7 Å². The average Bonchev–Trinajstić information content (AvgIpc) is 3.46. The number of amides is 2. The normalized spacial score (nSPS) is 18.2. The Morgan fingerprint density at radius 1 is 1.08 bits per heavy atom. The number of likely N-dealkylation sites (tertiary alicyclic amines) is 1. The fraction of sp³-hybridized carbons (Fsp3) is 0.324. The Kier molecular flexibility index (Phi) is 10.1. The van der Waals surface area contributed by atoms with E-state index in [9.17, 15) is 24.0 Å². The van der Waals surface area contributed by atoms with Gasteiger partial charge in [0.1, 0.15) is 17.6 Å². The fourth-order valence-electron chi connectivity index (χ4n) is 5.99. The molecule has 48 heavy (non-hydrogen) atoms. The first-order chi connectivity index (χ1) is 22.9. The van der Waals surface area contributed by atoms with Crippen LogP contribution in [-0.2, 0) is 16.1 Å². The van der Waals surface area contributed by atoms with E-state index in [1.165, 1.54) is 24.3 Å². The van der Waals surface area contributed by atoms with Gasteiger partial charge in [0, 0.05) is 11.6 Å². The zero-order chi connectivity index (χ0) is 34.6. The number of nitrogens with one attached hydrogen (secondary N) is 2. The summed E-state index contributed by atoms with van der Waals surface area (Å²) in [5.74, 6) is -0.943. The number of H-pyrrole nitrogens is 1. The lowest BCUT2D eigenvalue weighted by atomic mass is 9.84. The van der Waals surface area contributed by atoms with Gasteiger partial charge in [-0.3, -0.25) is 14.4 Å². The number of aromatic amines is 1. The molecule has 4 atom stereocenters. The molecular formula is C37H38FN5O5. The molecule has 1 aliphatic rings. The second-order valence-corrected chi connectivity index (χ2v) is 12.6. The van der Waals surface area contributed by atoms with Crippen LogP contribution in [0.5, 0.6) is 11.5 Å². The third kappa shape index (κ3) is 7.45. The second kappa shape index (κ2) is 14.2. The van der Waals surface area contributed by atoms with E-state index in [1.807, 2.05) is 30.3 Å². The van der Waals surface area contributed by atoms with Crippen LogP contribution in [0.2, 0.25) is 0 Å². The van der Waals surface area contributed by atoms with Crippen molar-refractivity contribution in [3.8, 4) is 17.6 Å². The van der Waals surface area contributed by atoms with Crippen LogP contribution in [0.4, 0.5) is 4.39 Å². The molecule has 248 valence electrons. The molecule has 1 saturated heterocycles. The quantitative estimate of drug-likeness (QED) is 0.217. The van der Waals surface area contributed by atoms with Gasteiger partial charge in [-0.2, -0.15) is 10.4 Å². The van der Waals surface area contributed by atoms with Gasteiger partial charge in [-0.25, -0.2) is 9.49 Å². The SMILES string of the molecule is Cc1cc(Oc2ccc(C(=O)N[C@H](C)C(=O)N3C(C(C)(C)C#N)C[C@@H](OCc4ccccc4)[C@H]3c3cccc(F)c3)cc2C)c(=O)[nH]n1. The molecule has 2 heterocycles. The van der Waals surface area contributed by atoms with Crippen LogP contribution in [0, 0.1) is 36.4 Å². The number of benzene rings is 3. The Bertz CT molecular complexity index is 1900. The number of aromatic nitrogens is 2. The average molecular weight is 652 g/mol. The molecule has 1 unspecified atom stereocenters. The van der Waals surface area contributed by atoms with Crippen LogP contribution in [0.3, 0.4) is 0 Å². The maximum absolute atomic E-state index is 14.6. The zero-order valence-corrected chi connectivity index (χ0v) is 27.5. The van der Waals surface area contributed by atoms with Gasteiger partial charge >= 0.3 is 5.56 Å². The molecule has 1 aliphatic heterocycles. The van der Waals surface area contributed by atoms with Crippen molar-refractivity contribution in [1.29, 1.82) is 5.26 Å². The van der Waals surface area contributed by atoms with Crippen LogP contribution in [0.1, 0.15) is 66.0 Å². The van der Waals surface area contributed by atoms with Crippen molar-refractivity contribution in [1.82, 2.24) is 20.4 Å². The molecule has 2 amide bonds. The first-order valence-electron chi connectivity index (χ1n) is 15.7. The highest BCUT2D eigenvalue weighted by Crippen LogP contribution is 2.45. The standard InChI is InChI=1S/C37H38FN5O5/c1-22-16-27(14-15-29(22)48-31-17-23(2)41-42-35(31)45)34(44)40-24(3)36(46)43-32(37(4,5)21-39)19-30(47-20-25-10-7-6-8-11-25)33(43)26-12-9-13-28(38)18-26/h6-18,24,30,32-33H,19-20H2,1-5H3,(H,40,44)(H,42,45)/t24-,30-,32?,33-/m1/s1. The molecule has 3 aromatic carbocycles. The number of nitrogens with zero attached hydrogens (tertiary/aromatic N) is 3. The van der Waals surface area contributed by atoms with Crippen molar-refractivity contribution >= 4 is 11.8 Å². The van der Waals surface area contributed by atoms with E-state index in [2.05, 4.69) is 21.6 Å². The minimum atomic E-state index is -1.01. The van der Waals surface area contributed by atoms with Gasteiger partial charge in [-0.15, -0.1) is 0 Å². The van der Waals surface area contributed by atoms with Gasteiger partial charge in [-0.1, -0.05) is 42.5 Å². The molecule has 4 aromatic rings. The Morgan fingerprint density at radius 2 is 1.83 bits per heavy atom. The second-order valence-electron chi connectivity index (χ2n) is 12.6. The topological polar surface area (TPSA) is 137 Å².